The van der Waals surface area contributed by atoms with Gasteiger partial charge in [-0.3, -0.25) is 10.1 Å². The molecule has 0 bridgehead atoms. The summed E-state index contributed by atoms with van der Waals surface area (Å²) < 4.78 is 4.54. The fourth-order valence-corrected chi connectivity index (χ4v) is 1.25. The molecule has 1 heterocycles. The van der Waals surface area contributed by atoms with E-state index in [-0.39, 0.29) is 5.57 Å². The van der Waals surface area contributed by atoms with Crippen molar-refractivity contribution in [2.24, 2.45) is 4.99 Å². The van der Waals surface area contributed by atoms with Gasteiger partial charge in [0.25, 0.3) is 0 Å². The van der Waals surface area contributed by atoms with Gasteiger partial charge in [-0.25, -0.2) is 4.79 Å². The minimum absolute atomic E-state index is 0.273. The second kappa shape index (κ2) is 3.43. The molecule has 4 heteroatoms. The summed E-state index contributed by atoms with van der Waals surface area (Å²) >= 11 is 0. The molecule has 1 rings (SSSR count). The Labute approximate surface area is 76.2 Å². The minimum atomic E-state index is -0.514. The fraction of sp³-hybridized carbons (Fsp3) is 0.333. The number of nitrogens with zero attached hydrogens (tertiary/aromatic N) is 1. The third-order valence-electron chi connectivity index (χ3n) is 1.86. The summed E-state index contributed by atoms with van der Waals surface area (Å²) in [5.41, 5.74) is 1.69. The molecule has 0 unspecified atom stereocenters. The summed E-state index contributed by atoms with van der Waals surface area (Å²) in [5, 5.41) is 10.6. The van der Waals surface area contributed by atoms with Crippen LogP contribution in [0.2, 0.25) is 0 Å². The number of carbonyl (C=O) groups excluding carboxylic acids is 1. The Balaban J connectivity index is 3.13. The molecule has 0 aromatic heterocycles. The number of carbonyl (C=O) groups is 1. The molecule has 0 aromatic rings. The maximum absolute atomic E-state index is 11.2. The molecular formula is C9H10NO3. The van der Waals surface area contributed by atoms with Gasteiger partial charge >= 0.3 is 5.97 Å². The van der Waals surface area contributed by atoms with E-state index in [2.05, 4.69) is 9.73 Å². The predicted molar refractivity (Wildman–Crippen MR) is 46.6 cm³/mol. The molecule has 0 fully saturated rings. The van der Waals surface area contributed by atoms with E-state index >= 15 is 0 Å². The van der Waals surface area contributed by atoms with E-state index in [1.165, 1.54) is 7.11 Å². The third kappa shape index (κ3) is 1.47. The molecule has 0 aliphatic carbocycles. The van der Waals surface area contributed by atoms with Crippen LogP contribution in [-0.2, 0) is 14.6 Å². The van der Waals surface area contributed by atoms with Gasteiger partial charge in [-0.1, -0.05) is 0 Å². The molecule has 0 spiro atoms. The Bertz CT molecular complexity index is 337. The van der Waals surface area contributed by atoms with Crippen LogP contribution in [-0.4, -0.2) is 18.8 Å². The normalized spacial score (nSPS) is 19.3. The SMILES string of the molecule is COC(=O)C1=C(C)N=C(C)C1=C[O]. The van der Waals surface area contributed by atoms with Crippen molar-refractivity contribution in [1.82, 2.24) is 0 Å². The molecule has 0 atom stereocenters. The lowest BCUT2D eigenvalue weighted by Crippen LogP contribution is -2.09. The van der Waals surface area contributed by atoms with Crippen molar-refractivity contribution in [2.75, 3.05) is 7.11 Å². The molecule has 0 saturated heterocycles. The van der Waals surface area contributed by atoms with Gasteiger partial charge in [0.2, 0.25) is 0 Å². The number of rotatable bonds is 1. The van der Waals surface area contributed by atoms with Crippen molar-refractivity contribution in [3.05, 3.63) is 23.1 Å². The maximum atomic E-state index is 11.2. The highest BCUT2D eigenvalue weighted by atomic mass is 16.5. The quantitative estimate of drug-likeness (QED) is 0.450. The molecule has 0 aromatic carbocycles. The average molecular weight is 180 g/mol. The number of hydrogen-bond donors (Lipinski definition) is 0. The van der Waals surface area contributed by atoms with Crippen LogP contribution in [0.25, 0.3) is 0 Å². The summed E-state index contributed by atoms with van der Waals surface area (Å²) in [6, 6.07) is 0. The minimum Gasteiger partial charge on any atom is -0.465 e. The van der Waals surface area contributed by atoms with E-state index < -0.39 is 5.97 Å². The van der Waals surface area contributed by atoms with E-state index in [9.17, 15) is 9.90 Å². The second-order valence-corrected chi connectivity index (χ2v) is 2.68. The van der Waals surface area contributed by atoms with Crippen LogP contribution in [0.15, 0.2) is 28.1 Å². The van der Waals surface area contributed by atoms with Gasteiger partial charge < -0.3 is 4.74 Å². The Kier molecular flexibility index (Phi) is 2.51. The first-order valence-corrected chi connectivity index (χ1v) is 3.79. The van der Waals surface area contributed by atoms with Gasteiger partial charge in [0, 0.05) is 5.71 Å². The first-order valence-electron chi connectivity index (χ1n) is 3.79. The number of esters is 1. The molecular weight excluding hydrogens is 170 g/mol. The van der Waals surface area contributed by atoms with Crippen molar-refractivity contribution in [3.63, 3.8) is 0 Å². The zero-order valence-electron chi connectivity index (χ0n) is 7.75. The molecule has 69 valence electrons. The van der Waals surface area contributed by atoms with Crippen LogP contribution in [0.5, 0.6) is 0 Å². The van der Waals surface area contributed by atoms with Gasteiger partial charge in [-0.05, 0) is 13.8 Å². The monoisotopic (exact) mass is 180 g/mol. The standard InChI is InChI=1S/C9H10NO3/c1-5-7(4-11)8(6(2)10-5)9(12)13-3/h4H,1-3H3. The molecule has 13 heavy (non-hydrogen) atoms. The number of hydrogen-bond acceptors (Lipinski definition) is 3. The van der Waals surface area contributed by atoms with E-state index in [4.69, 9.17) is 0 Å². The first-order chi connectivity index (χ1) is 6.11. The third-order valence-corrected chi connectivity index (χ3v) is 1.86. The van der Waals surface area contributed by atoms with Crippen molar-refractivity contribution in [1.29, 1.82) is 0 Å². The fourth-order valence-electron chi connectivity index (χ4n) is 1.25. The lowest BCUT2D eigenvalue weighted by Gasteiger charge is -2.01. The number of aliphatic imine (C=N–C) groups is 1. The van der Waals surface area contributed by atoms with Crippen molar-refractivity contribution in [2.45, 2.75) is 13.8 Å². The highest BCUT2D eigenvalue weighted by molar-refractivity contribution is 6.14. The Morgan fingerprint density at radius 1 is 1.46 bits per heavy atom. The first kappa shape index (κ1) is 9.51. The lowest BCUT2D eigenvalue weighted by atomic mass is 10.1. The maximum Gasteiger partial charge on any atom is 0.340 e. The molecule has 1 aliphatic heterocycles. The average Bonchev–Trinajstić information content (AvgIpc) is 2.39. The Morgan fingerprint density at radius 3 is 2.54 bits per heavy atom. The van der Waals surface area contributed by atoms with Crippen LogP contribution >= 0.6 is 0 Å². The lowest BCUT2D eigenvalue weighted by molar-refractivity contribution is -0.135. The van der Waals surface area contributed by atoms with Crippen LogP contribution < -0.4 is 0 Å². The van der Waals surface area contributed by atoms with Gasteiger partial charge in [-0.2, -0.15) is 0 Å². The van der Waals surface area contributed by atoms with Crippen LogP contribution in [0.4, 0.5) is 0 Å². The highest BCUT2D eigenvalue weighted by Gasteiger charge is 2.25. The number of ether oxygens (including phenoxy) is 1. The van der Waals surface area contributed by atoms with Crippen molar-refractivity contribution < 1.29 is 14.6 Å². The predicted octanol–water partition coefficient (Wildman–Crippen LogP) is 1.22. The molecule has 0 amide bonds. The van der Waals surface area contributed by atoms with E-state index in [0.29, 0.717) is 23.2 Å². The Hall–Kier alpha value is -1.58. The topological polar surface area (TPSA) is 58.6 Å². The number of methoxy groups -OCH3 is 1. The van der Waals surface area contributed by atoms with Crippen LogP contribution in [0.1, 0.15) is 13.8 Å². The zero-order valence-corrected chi connectivity index (χ0v) is 7.75. The van der Waals surface area contributed by atoms with E-state index in [1.807, 2.05) is 0 Å². The summed E-state index contributed by atoms with van der Waals surface area (Å²) in [6.07, 6.45) is 0.627. The molecule has 1 radical (unpaired) electrons. The van der Waals surface area contributed by atoms with E-state index in [1.54, 1.807) is 13.8 Å². The molecule has 1 aliphatic rings. The van der Waals surface area contributed by atoms with E-state index in [0.717, 1.165) is 0 Å². The van der Waals surface area contributed by atoms with Gasteiger partial charge in [0.1, 0.15) is 0 Å². The smallest absolute Gasteiger partial charge is 0.340 e. The Morgan fingerprint density at radius 2 is 2.08 bits per heavy atom. The molecule has 4 nitrogen and oxygen atoms in total. The van der Waals surface area contributed by atoms with Crippen molar-refractivity contribution >= 4 is 11.7 Å². The summed E-state index contributed by atoms with van der Waals surface area (Å²) in [7, 11) is 1.28. The molecule has 0 saturated carbocycles. The highest BCUT2D eigenvalue weighted by Crippen LogP contribution is 2.25. The zero-order chi connectivity index (χ0) is 10.0. The summed E-state index contributed by atoms with van der Waals surface area (Å²) in [6.45, 7) is 3.36. The summed E-state index contributed by atoms with van der Waals surface area (Å²) in [5.74, 6) is -0.514. The molecule has 0 N–H and O–H groups in total. The second-order valence-electron chi connectivity index (χ2n) is 2.68. The van der Waals surface area contributed by atoms with Crippen LogP contribution in [0, 0.1) is 0 Å². The van der Waals surface area contributed by atoms with Gasteiger partial charge in [-0.15, -0.1) is 0 Å². The summed E-state index contributed by atoms with van der Waals surface area (Å²) in [4.78, 5) is 15.2. The van der Waals surface area contributed by atoms with Crippen molar-refractivity contribution in [3.8, 4) is 0 Å². The van der Waals surface area contributed by atoms with Crippen LogP contribution in [0.3, 0.4) is 0 Å². The number of allylic oxidation sites excluding steroid dienone is 1. The van der Waals surface area contributed by atoms with Gasteiger partial charge in [0.15, 0.2) is 6.26 Å². The largest absolute Gasteiger partial charge is 0.465 e. The van der Waals surface area contributed by atoms with Gasteiger partial charge in [0.05, 0.1) is 24.0 Å².